The van der Waals surface area contributed by atoms with Gasteiger partial charge in [-0.1, -0.05) is 6.07 Å². The van der Waals surface area contributed by atoms with E-state index in [1.165, 1.54) is 11.1 Å². The molecule has 1 saturated heterocycles. The molecule has 1 aromatic rings. The number of nitrogens with two attached hydrogens (primary N) is 1. The standard InChI is InChI=1S/C14H21BrN2O/c1-9-4-11(6-12(15)14(9)18-3)13-5-10(7-16)8-17(13)2/h4,6,10,13H,5,7-8,16H2,1-3H3. The van der Waals surface area contributed by atoms with Gasteiger partial charge >= 0.3 is 0 Å². The van der Waals surface area contributed by atoms with Crippen LogP contribution < -0.4 is 10.5 Å². The topological polar surface area (TPSA) is 38.5 Å². The lowest BCUT2D eigenvalue weighted by Gasteiger charge is -2.21. The summed E-state index contributed by atoms with van der Waals surface area (Å²) in [7, 11) is 3.88. The lowest BCUT2D eigenvalue weighted by molar-refractivity contribution is 0.313. The molecule has 0 bridgehead atoms. The third-order valence-corrected chi connectivity index (χ3v) is 4.40. The van der Waals surface area contributed by atoms with Crippen molar-refractivity contribution in [1.82, 2.24) is 4.90 Å². The molecular weight excluding hydrogens is 292 g/mol. The van der Waals surface area contributed by atoms with Crippen molar-refractivity contribution >= 4 is 15.9 Å². The van der Waals surface area contributed by atoms with E-state index in [9.17, 15) is 0 Å². The van der Waals surface area contributed by atoms with Crippen LogP contribution in [0.2, 0.25) is 0 Å². The van der Waals surface area contributed by atoms with Gasteiger partial charge < -0.3 is 10.5 Å². The second kappa shape index (κ2) is 5.59. The summed E-state index contributed by atoms with van der Waals surface area (Å²) < 4.78 is 6.41. The molecule has 3 nitrogen and oxygen atoms in total. The van der Waals surface area contributed by atoms with Crippen molar-refractivity contribution < 1.29 is 4.74 Å². The second-order valence-corrected chi connectivity index (χ2v) is 6.00. The number of nitrogens with zero attached hydrogens (tertiary/aromatic N) is 1. The van der Waals surface area contributed by atoms with Crippen molar-refractivity contribution in [2.45, 2.75) is 19.4 Å². The molecule has 2 N–H and O–H groups in total. The number of likely N-dealkylation sites (tertiary alicyclic amines) is 1. The van der Waals surface area contributed by atoms with Crippen LogP contribution in [0.3, 0.4) is 0 Å². The first kappa shape index (κ1) is 13.8. The summed E-state index contributed by atoms with van der Waals surface area (Å²) in [5.41, 5.74) is 8.30. The molecule has 0 amide bonds. The summed E-state index contributed by atoms with van der Waals surface area (Å²) in [6.07, 6.45) is 1.14. The highest BCUT2D eigenvalue weighted by Crippen LogP contribution is 2.38. The maximum absolute atomic E-state index is 5.79. The quantitative estimate of drug-likeness (QED) is 0.932. The highest BCUT2D eigenvalue weighted by atomic mass is 79.9. The van der Waals surface area contributed by atoms with Crippen LogP contribution in [-0.4, -0.2) is 32.1 Å². The Morgan fingerprint density at radius 3 is 2.72 bits per heavy atom. The van der Waals surface area contributed by atoms with Crippen molar-refractivity contribution in [3.8, 4) is 5.75 Å². The number of hydrogen-bond donors (Lipinski definition) is 1. The number of aryl methyl sites for hydroxylation is 1. The van der Waals surface area contributed by atoms with E-state index in [4.69, 9.17) is 10.5 Å². The van der Waals surface area contributed by atoms with E-state index in [1.807, 2.05) is 0 Å². The molecule has 1 fully saturated rings. The van der Waals surface area contributed by atoms with Crippen molar-refractivity contribution in [1.29, 1.82) is 0 Å². The number of rotatable bonds is 3. The Morgan fingerprint density at radius 1 is 1.50 bits per heavy atom. The Morgan fingerprint density at radius 2 is 2.22 bits per heavy atom. The summed E-state index contributed by atoms with van der Waals surface area (Å²) in [6, 6.07) is 4.87. The summed E-state index contributed by atoms with van der Waals surface area (Å²) in [5.74, 6) is 1.54. The molecule has 0 spiro atoms. The second-order valence-electron chi connectivity index (χ2n) is 5.15. The van der Waals surface area contributed by atoms with Crippen molar-refractivity contribution in [3.05, 3.63) is 27.7 Å². The number of hydrogen-bond acceptors (Lipinski definition) is 3. The van der Waals surface area contributed by atoms with Gasteiger partial charge in [-0.05, 0) is 66.0 Å². The highest BCUT2D eigenvalue weighted by molar-refractivity contribution is 9.10. The SMILES string of the molecule is COc1c(C)cc(C2CC(CN)CN2C)cc1Br. The van der Waals surface area contributed by atoms with Gasteiger partial charge in [0.1, 0.15) is 5.75 Å². The zero-order valence-electron chi connectivity index (χ0n) is 11.2. The number of halogens is 1. The zero-order valence-corrected chi connectivity index (χ0v) is 12.8. The average molecular weight is 313 g/mol. The van der Waals surface area contributed by atoms with E-state index in [-0.39, 0.29) is 0 Å². The van der Waals surface area contributed by atoms with Gasteiger partial charge in [0.05, 0.1) is 11.6 Å². The maximum Gasteiger partial charge on any atom is 0.135 e. The van der Waals surface area contributed by atoms with Gasteiger partial charge in [-0.15, -0.1) is 0 Å². The summed E-state index contributed by atoms with van der Waals surface area (Å²) in [6.45, 7) is 3.95. The van der Waals surface area contributed by atoms with Crippen molar-refractivity contribution in [3.63, 3.8) is 0 Å². The molecule has 18 heavy (non-hydrogen) atoms. The average Bonchev–Trinajstić information content (AvgIpc) is 2.70. The Balaban J connectivity index is 2.29. The third-order valence-electron chi connectivity index (χ3n) is 3.81. The molecule has 0 saturated carbocycles. The Kier molecular flexibility index (Phi) is 4.30. The van der Waals surface area contributed by atoms with Crippen LogP contribution in [-0.2, 0) is 0 Å². The molecule has 2 atom stereocenters. The molecule has 0 aliphatic carbocycles. The first-order valence-electron chi connectivity index (χ1n) is 6.31. The summed E-state index contributed by atoms with van der Waals surface area (Å²) in [4.78, 5) is 2.39. The lowest BCUT2D eigenvalue weighted by Crippen LogP contribution is -2.20. The lowest BCUT2D eigenvalue weighted by atomic mass is 9.98. The van der Waals surface area contributed by atoms with Crippen LogP contribution in [0.25, 0.3) is 0 Å². The number of methoxy groups -OCH3 is 1. The fourth-order valence-electron chi connectivity index (χ4n) is 2.87. The molecule has 1 aromatic carbocycles. The number of ether oxygens (including phenoxy) is 1. The maximum atomic E-state index is 5.79. The molecular formula is C14H21BrN2O. The van der Waals surface area contributed by atoms with Gasteiger partial charge in [0.15, 0.2) is 0 Å². The summed E-state index contributed by atoms with van der Waals surface area (Å²) in [5, 5.41) is 0. The minimum absolute atomic E-state index is 0.472. The molecule has 4 heteroatoms. The predicted octanol–water partition coefficient (Wildman–Crippen LogP) is 2.72. The van der Waals surface area contributed by atoms with E-state index < -0.39 is 0 Å². The Hall–Kier alpha value is -0.580. The van der Waals surface area contributed by atoms with Crippen LogP contribution in [0.4, 0.5) is 0 Å². The van der Waals surface area contributed by atoms with E-state index in [2.05, 4.69) is 46.9 Å². The molecule has 1 aliphatic rings. The molecule has 2 rings (SSSR count). The normalized spacial score (nSPS) is 24.5. The van der Waals surface area contributed by atoms with E-state index in [0.717, 1.165) is 29.7 Å². The first-order chi connectivity index (χ1) is 8.56. The van der Waals surface area contributed by atoms with E-state index in [0.29, 0.717) is 12.0 Å². The van der Waals surface area contributed by atoms with Gasteiger partial charge in [0, 0.05) is 12.6 Å². The monoisotopic (exact) mass is 312 g/mol. The fraction of sp³-hybridized carbons (Fsp3) is 0.571. The molecule has 2 unspecified atom stereocenters. The smallest absolute Gasteiger partial charge is 0.135 e. The first-order valence-corrected chi connectivity index (χ1v) is 7.10. The van der Waals surface area contributed by atoms with Crippen LogP contribution >= 0.6 is 15.9 Å². The van der Waals surface area contributed by atoms with Gasteiger partial charge in [-0.2, -0.15) is 0 Å². The zero-order chi connectivity index (χ0) is 13.3. The number of benzene rings is 1. The fourth-order valence-corrected chi connectivity index (χ4v) is 3.61. The van der Waals surface area contributed by atoms with Crippen molar-refractivity contribution in [2.75, 3.05) is 27.2 Å². The molecule has 0 aromatic heterocycles. The van der Waals surface area contributed by atoms with E-state index >= 15 is 0 Å². The molecule has 1 heterocycles. The van der Waals surface area contributed by atoms with E-state index in [1.54, 1.807) is 7.11 Å². The van der Waals surface area contributed by atoms with Crippen LogP contribution in [0, 0.1) is 12.8 Å². The van der Waals surface area contributed by atoms with Crippen LogP contribution in [0.15, 0.2) is 16.6 Å². The summed E-state index contributed by atoms with van der Waals surface area (Å²) >= 11 is 3.59. The van der Waals surface area contributed by atoms with Gasteiger partial charge in [0.25, 0.3) is 0 Å². The molecule has 1 aliphatic heterocycles. The third kappa shape index (κ3) is 2.56. The highest BCUT2D eigenvalue weighted by Gasteiger charge is 2.30. The minimum Gasteiger partial charge on any atom is -0.495 e. The Bertz CT molecular complexity index is 413. The Labute approximate surface area is 117 Å². The van der Waals surface area contributed by atoms with Gasteiger partial charge in [-0.25, -0.2) is 0 Å². The van der Waals surface area contributed by atoms with Crippen LogP contribution in [0.5, 0.6) is 5.75 Å². The molecule has 100 valence electrons. The predicted molar refractivity (Wildman–Crippen MR) is 78.0 cm³/mol. The van der Waals surface area contributed by atoms with Crippen molar-refractivity contribution in [2.24, 2.45) is 11.7 Å². The van der Waals surface area contributed by atoms with Crippen LogP contribution in [0.1, 0.15) is 23.6 Å². The minimum atomic E-state index is 0.472. The van der Waals surface area contributed by atoms with Gasteiger partial charge in [-0.3, -0.25) is 4.90 Å². The largest absolute Gasteiger partial charge is 0.495 e. The molecule has 0 radical (unpaired) electrons. The van der Waals surface area contributed by atoms with Gasteiger partial charge in [0.2, 0.25) is 0 Å².